The fraction of sp³-hybridized carbons (Fsp3) is 1.00. The molecule has 0 rings (SSSR count). The third kappa shape index (κ3) is 703. The predicted octanol–water partition coefficient (Wildman–Crippen LogP) is 1.25. The van der Waals surface area contributed by atoms with Crippen LogP contribution in [0.25, 0.3) is 0 Å². The molecule has 0 fully saturated rings. The predicted molar refractivity (Wildman–Crippen MR) is 56.9 cm³/mol. The molecular formula is C6H20O2Si2Sn. The van der Waals surface area contributed by atoms with E-state index in [9.17, 15) is 0 Å². The summed E-state index contributed by atoms with van der Waals surface area (Å²) in [4.78, 5) is 17.3. The topological polar surface area (TPSA) is 40.5 Å². The monoisotopic (exact) mass is 300 g/mol. The summed E-state index contributed by atoms with van der Waals surface area (Å²) in [7, 11) is -3.22. The van der Waals surface area contributed by atoms with Crippen LogP contribution in [0.2, 0.25) is 39.3 Å². The molecule has 0 unspecified atom stereocenters. The third-order valence-corrected chi connectivity index (χ3v) is 0. The van der Waals surface area contributed by atoms with Crippen LogP contribution in [-0.2, 0) is 0 Å². The summed E-state index contributed by atoms with van der Waals surface area (Å²) < 4.78 is 0. The summed E-state index contributed by atoms with van der Waals surface area (Å²) in [6.45, 7) is 11.3. The van der Waals surface area contributed by atoms with Crippen molar-refractivity contribution in [3.63, 3.8) is 0 Å². The zero-order valence-corrected chi connectivity index (χ0v) is 13.2. The quantitative estimate of drug-likeness (QED) is 0.661. The van der Waals surface area contributed by atoms with Gasteiger partial charge in [-0.25, -0.2) is 0 Å². The minimum atomic E-state index is -1.61. The van der Waals surface area contributed by atoms with Crippen molar-refractivity contribution in [3.05, 3.63) is 0 Å². The van der Waals surface area contributed by atoms with Crippen LogP contribution in [0, 0.1) is 0 Å². The van der Waals surface area contributed by atoms with Gasteiger partial charge in [-0.15, -0.1) is 0 Å². The molecule has 0 aromatic heterocycles. The van der Waals surface area contributed by atoms with Gasteiger partial charge in [-0.3, -0.25) is 0 Å². The van der Waals surface area contributed by atoms with E-state index in [0.29, 0.717) is 0 Å². The maximum atomic E-state index is 8.66. The molecule has 0 saturated carbocycles. The summed E-state index contributed by atoms with van der Waals surface area (Å²) >= 11 is 0. The molecule has 0 aromatic rings. The minimum absolute atomic E-state index is 0. The molecule has 0 aromatic carbocycles. The van der Waals surface area contributed by atoms with Crippen LogP contribution in [0.3, 0.4) is 0 Å². The van der Waals surface area contributed by atoms with Crippen LogP contribution in [0.15, 0.2) is 0 Å². The van der Waals surface area contributed by atoms with Crippen molar-refractivity contribution in [1.82, 2.24) is 0 Å². The van der Waals surface area contributed by atoms with Gasteiger partial charge in [0.05, 0.1) is 0 Å². The zero-order chi connectivity index (χ0) is 9.00. The molecule has 0 bridgehead atoms. The zero-order valence-electron chi connectivity index (χ0n) is 8.39. The van der Waals surface area contributed by atoms with Crippen molar-refractivity contribution in [3.8, 4) is 0 Å². The molecule has 0 amide bonds. The Morgan fingerprint density at radius 1 is 0.636 bits per heavy atom. The number of hydrogen-bond donors (Lipinski definition) is 2. The Bertz CT molecular complexity index is 61.6. The van der Waals surface area contributed by atoms with Crippen LogP contribution < -0.4 is 0 Å². The van der Waals surface area contributed by atoms with Gasteiger partial charge in [0.2, 0.25) is 0 Å². The summed E-state index contributed by atoms with van der Waals surface area (Å²) in [5.74, 6) is 0. The van der Waals surface area contributed by atoms with E-state index < -0.39 is 16.6 Å². The van der Waals surface area contributed by atoms with Gasteiger partial charge < -0.3 is 9.59 Å². The van der Waals surface area contributed by atoms with Crippen LogP contribution in [0.5, 0.6) is 0 Å². The van der Waals surface area contributed by atoms with Crippen molar-refractivity contribution in [2.75, 3.05) is 0 Å². The first-order valence-electron chi connectivity index (χ1n) is 3.45. The largest absolute Gasteiger partial charge is 0.433 e. The SMILES string of the molecule is C[Si](C)(C)O.C[Si](C)(C)O.[Sn]. The summed E-state index contributed by atoms with van der Waals surface area (Å²) in [5, 5.41) is 0. The van der Waals surface area contributed by atoms with Gasteiger partial charge in [-0.2, -0.15) is 0 Å². The molecule has 11 heavy (non-hydrogen) atoms. The van der Waals surface area contributed by atoms with Crippen molar-refractivity contribution in [2.24, 2.45) is 0 Å². The van der Waals surface area contributed by atoms with Gasteiger partial charge in [-0.05, 0) is 39.3 Å². The van der Waals surface area contributed by atoms with Crippen LogP contribution in [0.1, 0.15) is 0 Å². The average molecular weight is 299 g/mol. The summed E-state index contributed by atoms with van der Waals surface area (Å²) in [6.07, 6.45) is 0. The minimum Gasteiger partial charge on any atom is -0.433 e. The molecular weight excluding hydrogens is 279 g/mol. The molecule has 0 saturated heterocycles. The van der Waals surface area contributed by atoms with E-state index in [0.717, 1.165) is 0 Å². The van der Waals surface area contributed by atoms with Crippen molar-refractivity contribution in [1.29, 1.82) is 0 Å². The van der Waals surface area contributed by atoms with E-state index >= 15 is 0 Å². The first kappa shape index (κ1) is 18.0. The second kappa shape index (κ2) is 6.65. The van der Waals surface area contributed by atoms with Gasteiger partial charge in [0, 0.05) is 23.9 Å². The third-order valence-electron chi connectivity index (χ3n) is 0. The number of rotatable bonds is 0. The molecule has 0 aliphatic carbocycles. The summed E-state index contributed by atoms with van der Waals surface area (Å²) in [5.41, 5.74) is 0. The standard InChI is InChI=1S/2C3H10OSi.Sn/c2*1-5(2,3)4;/h2*4H,1-3H3;. The molecule has 0 heterocycles. The van der Waals surface area contributed by atoms with E-state index in [4.69, 9.17) is 9.59 Å². The fourth-order valence-electron chi connectivity index (χ4n) is 0. The van der Waals surface area contributed by atoms with Crippen molar-refractivity contribution >= 4 is 40.5 Å². The maximum absolute atomic E-state index is 8.66. The van der Waals surface area contributed by atoms with Crippen LogP contribution >= 0.6 is 0 Å². The second-order valence-corrected chi connectivity index (χ2v) is 13.0. The average Bonchev–Trinajstić information content (AvgIpc) is 1.12. The van der Waals surface area contributed by atoms with E-state index in [1.165, 1.54) is 0 Å². The molecule has 4 radical (unpaired) electrons. The number of hydrogen-bond acceptors (Lipinski definition) is 2. The second-order valence-electron chi connectivity index (χ2n) is 4.34. The van der Waals surface area contributed by atoms with Crippen molar-refractivity contribution < 1.29 is 9.59 Å². The summed E-state index contributed by atoms with van der Waals surface area (Å²) in [6, 6.07) is 0. The molecule has 2 N–H and O–H groups in total. The molecule has 68 valence electrons. The smallest absolute Gasteiger partial charge is 0.179 e. The fourth-order valence-corrected chi connectivity index (χ4v) is 0. The van der Waals surface area contributed by atoms with Gasteiger partial charge in [0.1, 0.15) is 0 Å². The Kier molecular flexibility index (Phi) is 10.9. The van der Waals surface area contributed by atoms with Gasteiger partial charge in [-0.1, -0.05) is 0 Å². The Balaban J connectivity index is -0.000000107. The molecule has 0 aliphatic heterocycles. The maximum Gasteiger partial charge on any atom is 0.179 e. The molecule has 2 nitrogen and oxygen atoms in total. The van der Waals surface area contributed by atoms with Gasteiger partial charge in [0.15, 0.2) is 16.6 Å². The molecule has 0 atom stereocenters. The van der Waals surface area contributed by atoms with Gasteiger partial charge in [0.25, 0.3) is 0 Å². The Morgan fingerprint density at radius 2 is 0.636 bits per heavy atom. The normalized spacial score (nSPS) is 10.9. The van der Waals surface area contributed by atoms with E-state index in [-0.39, 0.29) is 23.9 Å². The molecule has 5 heteroatoms. The van der Waals surface area contributed by atoms with Crippen LogP contribution in [0.4, 0.5) is 0 Å². The Labute approximate surface area is 89.2 Å². The molecule has 0 aliphatic rings. The molecule has 0 spiro atoms. The van der Waals surface area contributed by atoms with Crippen molar-refractivity contribution in [2.45, 2.75) is 39.3 Å². The first-order valence-corrected chi connectivity index (χ1v) is 10.3. The van der Waals surface area contributed by atoms with E-state index in [1.807, 2.05) is 39.3 Å². The first-order chi connectivity index (χ1) is 4.00. The Morgan fingerprint density at radius 3 is 0.636 bits per heavy atom. The van der Waals surface area contributed by atoms with Crippen LogP contribution in [-0.4, -0.2) is 50.1 Å². The van der Waals surface area contributed by atoms with E-state index in [2.05, 4.69) is 0 Å². The van der Waals surface area contributed by atoms with E-state index in [1.54, 1.807) is 0 Å². The van der Waals surface area contributed by atoms with Gasteiger partial charge >= 0.3 is 0 Å². The Hall–Kier alpha value is 1.15.